The van der Waals surface area contributed by atoms with E-state index in [4.69, 9.17) is 9.47 Å². The minimum Gasteiger partial charge on any atom is -0.497 e. The lowest BCUT2D eigenvalue weighted by molar-refractivity contribution is -0.143. The lowest BCUT2D eigenvalue weighted by Crippen LogP contribution is -2.16. The molecule has 1 aromatic rings. The molecule has 0 spiro atoms. The van der Waals surface area contributed by atoms with Crippen molar-refractivity contribution in [3.63, 3.8) is 0 Å². The molecule has 1 N–H and O–H groups in total. The van der Waals surface area contributed by atoms with Gasteiger partial charge in [0.1, 0.15) is 11.8 Å². The smallest absolute Gasteiger partial charge is 0.324 e. The van der Waals surface area contributed by atoms with Crippen LogP contribution in [0.5, 0.6) is 5.75 Å². The van der Waals surface area contributed by atoms with E-state index in [1.165, 1.54) is 31.2 Å². The van der Waals surface area contributed by atoms with E-state index in [0.717, 1.165) is 31.4 Å². The predicted octanol–water partition coefficient (Wildman–Crippen LogP) is 3.87. The van der Waals surface area contributed by atoms with Gasteiger partial charge in [-0.25, -0.2) is 0 Å². The molecule has 2 unspecified atom stereocenters. The number of nitrogens with one attached hydrogen (secondary N) is 1. The molecular formula is C20H31NO3. The van der Waals surface area contributed by atoms with E-state index in [0.29, 0.717) is 6.61 Å². The molecule has 2 rings (SSSR count). The number of ether oxygens (including phenoxy) is 2. The van der Waals surface area contributed by atoms with E-state index in [-0.39, 0.29) is 18.1 Å². The molecule has 1 aliphatic rings. The second-order valence-electron chi connectivity index (χ2n) is 6.57. The quantitative estimate of drug-likeness (QED) is 0.358. The van der Waals surface area contributed by atoms with Crippen LogP contribution in [0.1, 0.15) is 57.4 Å². The first-order valence-corrected chi connectivity index (χ1v) is 9.30. The molecule has 0 aromatic heterocycles. The molecule has 0 aliphatic carbocycles. The normalized spacial score (nSPS) is 19.1. The highest BCUT2D eigenvalue weighted by molar-refractivity contribution is 5.80. The summed E-state index contributed by atoms with van der Waals surface area (Å²) < 4.78 is 10.5. The first-order valence-electron chi connectivity index (χ1n) is 9.30. The monoisotopic (exact) mass is 333 g/mol. The highest BCUT2D eigenvalue weighted by Gasteiger charge is 2.42. The van der Waals surface area contributed by atoms with Gasteiger partial charge in [-0.3, -0.25) is 10.1 Å². The van der Waals surface area contributed by atoms with E-state index in [1.54, 1.807) is 7.11 Å². The Kier molecular flexibility index (Phi) is 8.10. The maximum atomic E-state index is 11.9. The highest BCUT2D eigenvalue weighted by atomic mass is 16.5. The Labute approximate surface area is 145 Å². The van der Waals surface area contributed by atoms with Gasteiger partial charge in [-0.05, 0) is 37.0 Å². The third-order valence-electron chi connectivity index (χ3n) is 4.59. The number of carbonyl (C=O) groups is 1. The van der Waals surface area contributed by atoms with Gasteiger partial charge in [0.15, 0.2) is 0 Å². The fraction of sp³-hybridized carbons (Fsp3) is 0.650. The molecule has 0 saturated carbocycles. The number of aryl methyl sites for hydroxylation is 1. The summed E-state index contributed by atoms with van der Waals surface area (Å²) in [6.07, 6.45) is 9.18. The van der Waals surface area contributed by atoms with Gasteiger partial charge in [-0.2, -0.15) is 0 Å². The van der Waals surface area contributed by atoms with Crippen molar-refractivity contribution >= 4 is 5.97 Å². The van der Waals surface area contributed by atoms with E-state index in [2.05, 4.69) is 24.4 Å². The summed E-state index contributed by atoms with van der Waals surface area (Å²) in [5, 5.41) is 3.23. The van der Waals surface area contributed by atoms with Gasteiger partial charge in [0.2, 0.25) is 0 Å². The lowest BCUT2D eigenvalue weighted by atomic mass is 10.1. The molecule has 0 amide bonds. The van der Waals surface area contributed by atoms with Gasteiger partial charge >= 0.3 is 5.97 Å². The summed E-state index contributed by atoms with van der Waals surface area (Å²) in [4.78, 5) is 11.9. The summed E-state index contributed by atoms with van der Waals surface area (Å²) in [5.41, 5.74) is 1.27. The van der Waals surface area contributed by atoms with Gasteiger partial charge in [-0.15, -0.1) is 0 Å². The zero-order chi connectivity index (χ0) is 17.2. The van der Waals surface area contributed by atoms with Crippen molar-refractivity contribution < 1.29 is 14.3 Å². The summed E-state index contributed by atoms with van der Waals surface area (Å²) in [6.45, 7) is 2.78. The second-order valence-corrected chi connectivity index (χ2v) is 6.57. The van der Waals surface area contributed by atoms with Crippen LogP contribution in [0.25, 0.3) is 0 Å². The number of benzene rings is 1. The van der Waals surface area contributed by atoms with Gasteiger partial charge < -0.3 is 9.47 Å². The lowest BCUT2D eigenvalue weighted by Gasteiger charge is -2.04. The van der Waals surface area contributed by atoms with Crippen molar-refractivity contribution in [2.45, 2.75) is 70.4 Å². The van der Waals surface area contributed by atoms with Crippen molar-refractivity contribution in [3.05, 3.63) is 29.8 Å². The summed E-state index contributed by atoms with van der Waals surface area (Å²) in [6, 6.07) is 8.27. The molecule has 1 aliphatic heterocycles. The Hall–Kier alpha value is -1.55. The Balaban J connectivity index is 1.53. The number of rotatable bonds is 12. The van der Waals surface area contributed by atoms with Crippen molar-refractivity contribution in [2.75, 3.05) is 13.7 Å². The van der Waals surface area contributed by atoms with Gasteiger partial charge in [0, 0.05) is 6.04 Å². The molecule has 2 atom stereocenters. The third-order valence-corrected chi connectivity index (χ3v) is 4.59. The number of esters is 1. The first-order chi connectivity index (χ1) is 11.7. The minimum absolute atomic E-state index is 0.0803. The van der Waals surface area contributed by atoms with E-state index in [9.17, 15) is 4.79 Å². The Morgan fingerprint density at radius 1 is 1.08 bits per heavy atom. The Bertz CT molecular complexity index is 486. The molecule has 1 fully saturated rings. The second kappa shape index (κ2) is 10.3. The zero-order valence-electron chi connectivity index (χ0n) is 15.1. The fourth-order valence-corrected chi connectivity index (χ4v) is 2.92. The van der Waals surface area contributed by atoms with Crippen LogP contribution < -0.4 is 10.1 Å². The van der Waals surface area contributed by atoms with Crippen LogP contribution in [0, 0.1) is 0 Å². The molecule has 1 aromatic carbocycles. The van der Waals surface area contributed by atoms with Crippen LogP contribution in [-0.2, 0) is 16.0 Å². The standard InChI is InChI=1S/C20H31NO3/c1-3-4-5-6-7-8-15-24-20(22)19-18(21-19)14-11-16-9-12-17(23-2)13-10-16/h9-10,12-13,18-19,21H,3-8,11,14-15H2,1-2H3. The average Bonchev–Trinajstić information content (AvgIpc) is 3.39. The third kappa shape index (κ3) is 6.52. The molecule has 134 valence electrons. The largest absolute Gasteiger partial charge is 0.497 e. The van der Waals surface area contributed by atoms with Crippen LogP contribution in [0.4, 0.5) is 0 Å². The topological polar surface area (TPSA) is 57.5 Å². The zero-order valence-corrected chi connectivity index (χ0v) is 15.1. The number of methoxy groups -OCH3 is 1. The van der Waals surface area contributed by atoms with Gasteiger partial charge in [0.05, 0.1) is 13.7 Å². The molecule has 4 nitrogen and oxygen atoms in total. The molecular weight excluding hydrogens is 302 g/mol. The predicted molar refractivity (Wildman–Crippen MR) is 96.4 cm³/mol. The van der Waals surface area contributed by atoms with Crippen LogP contribution in [0.2, 0.25) is 0 Å². The fourth-order valence-electron chi connectivity index (χ4n) is 2.92. The molecule has 0 bridgehead atoms. The SMILES string of the molecule is CCCCCCCCOC(=O)C1NC1CCc1ccc(OC)cc1. The maximum absolute atomic E-state index is 11.9. The van der Waals surface area contributed by atoms with Crippen LogP contribution >= 0.6 is 0 Å². The Morgan fingerprint density at radius 2 is 1.79 bits per heavy atom. The van der Waals surface area contributed by atoms with E-state index >= 15 is 0 Å². The first kappa shape index (κ1) is 18.8. The summed E-state index contributed by atoms with van der Waals surface area (Å²) >= 11 is 0. The van der Waals surface area contributed by atoms with Gasteiger partial charge in [-0.1, -0.05) is 51.2 Å². The molecule has 4 heteroatoms. The van der Waals surface area contributed by atoms with Gasteiger partial charge in [0.25, 0.3) is 0 Å². The molecule has 0 radical (unpaired) electrons. The van der Waals surface area contributed by atoms with Crippen molar-refractivity contribution in [2.24, 2.45) is 0 Å². The number of carbonyl (C=O) groups excluding carboxylic acids is 1. The Morgan fingerprint density at radius 3 is 2.50 bits per heavy atom. The summed E-state index contributed by atoms with van der Waals surface area (Å²) in [7, 11) is 1.67. The van der Waals surface area contributed by atoms with Crippen molar-refractivity contribution in [1.82, 2.24) is 5.32 Å². The number of hydrogen-bond donors (Lipinski definition) is 1. The van der Waals surface area contributed by atoms with Crippen molar-refractivity contribution in [3.8, 4) is 5.75 Å². The average molecular weight is 333 g/mol. The molecule has 1 saturated heterocycles. The number of hydrogen-bond acceptors (Lipinski definition) is 4. The number of unbranched alkanes of at least 4 members (excludes halogenated alkanes) is 5. The molecule has 1 heterocycles. The van der Waals surface area contributed by atoms with Crippen LogP contribution in [0.3, 0.4) is 0 Å². The maximum Gasteiger partial charge on any atom is 0.324 e. The van der Waals surface area contributed by atoms with Crippen molar-refractivity contribution in [1.29, 1.82) is 0 Å². The van der Waals surface area contributed by atoms with Crippen LogP contribution in [-0.4, -0.2) is 31.8 Å². The minimum atomic E-state index is -0.0941. The highest BCUT2D eigenvalue weighted by Crippen LogP contribution is 2.20. The summed E-state index contributed by atoms with van der Waals surface area (Å²) in [5.74, 6) is 0.794. The van der Waals surface area contributed by atoms with E-state index < -0.39 is 0 Å². The van der Waals surface area contributed by atoms with E-state index in [1.807, 2.05) is 12.1 Å². The van der Waals surface area contributed by atoms with Crippen LogP contribution in [0.15, 0.2) is 24.3 Å². The molecule has 24 heavy (non-hydrogen) atoms.